The number of rotatable bonds is 4. The van der Waals surface area contributed by atoms with Crippen LogP contribution in [0.15, 0.2) is 18.2 Å². The maximum absolute atomic E-state index is 12.3. The highest BCUT2D eigenvalue weighted by molar-refractivity contribution is 5.85. The van der Waals surface area contributed by atoms with E-state index in [1.807, 2.05) is 0 Å². The highest BCUT2D eigenvalue weighted by Gasteiger charge is 2.00. The number of halogens is 3. The molecule has 1 aromatic rings. The molecule has 0 amide bonds. The molecule has 14 heavy (non-hydrogen) atoms. The van der Waals surface area contributed by atoms with Gasteiger partial charge in [0, 0.05) is 6.54 Å². The average Bonchev–Trinajstić information content (AvgIpc) is 2.17. The fourth-order valence-electron chi connectivity index (χ4n) is 1.30. The quantitative estimate of drug-likeness (QED) is 0.825. The lowest BCUT2D eigenvalue weighted by atomic mass is 10.1. The molecule has 0 fully saturated rings. The topological polar surface area (TPSA) is 12.0 Å². The molecule has 0 unspecified atom stereocenters. The van der Waals surface area contributed by atoms with E-state index in [4.69, 9.17) is 0 Å². The monoisotopic (exact) mass is 221 g/mol. The molecule has 4 heteroatoms. The van der Waals surface area contributed by atoms with Crippen LogP contribution < -0.4 is 5.32 Å². The molecule has 1 nitrogen and oxygen atoms in total. The smallest absolute Gasteiger partial charge is 0.115 e. The number of nitrogens with one attached hydrogen (secondary N) is 1. The van der Waals surface area contributed by atoms with E-state index >= 15 is 0 Å². The Bertz CT molecular complexity index is 257. The van der Waals surface area contributed by atoms with Gasteiger partial charge in [-0.2, -0.15) is 0 Å². The standard InChI is InChI=1S/C10H13F2N.ClH/c1-13-7-10-3-8(5-11)2-9(4-10)6-12;/h2-4,13H,5-7H2,1H3;1H. The minimum atomic E-state index is -0.537. The molecule has 0 aromatic heterocycles. The molecular formula is C10H14ClF2N. The Morgan fingerprint density at radius 2 is 1.43 bits per heavy atom. The molecule has 80 valence electrons. The Hall–Kier alpha value is -0.670. The van der Waals surface area contributed by atoms with Crippen molar-refractivity contribution in [3.05, 3.63) is 34.9 Å². The minimum Gasteiger partial charge on any atom is -0.316 e. The van der Waals surface area contributed by atoms with Gasteiger partial charge < -0.3 is 5.32 Å². The van der Waals surface area contributed by atoms with Gasteiger partial charge in [0.1, 0.15) is 13.3 Å². The van der Waals surface area contributed by atoms with Crippen LogP contribution in [-0.4, -0.2) is 7.05 Å². The summed E-state index contributed by atoms with van der Waals surface area (Å²) in [5, 5.41) is 2.94. The van der Waals surface area contributed by atoms with E-state index in [-0.39, 0.29) is 12.4 Å². The van der Waals surface area contributed by atoms with Crippen molar-refractivity contribution < 1.29 is 8.78 Å². The molecule has 0 saturated heterocycles. The van der Waals surface area contributed by atoms with Crippen LogP contribution in [0.2, 0.25) is 0 Å². The first kappa shape index (κ1) is 13.3. The molecule has 0 atom stereocenters. The van der Waals surface area contributed by atoms with Crippen LogP contribution in [-0.2, 0) is 19.9 Å². The second-order valence-corrected chi connectivity index (χ2v) is 2.96. The SMILES string of the molecule is CNCc1cc(CF)cc(CF)c1.Cl. The second-order valence-electron chi connectivity index (χ2n) is 2.96. The van der Waals surface area contributed by atoms with Gasteiger partial charge >= 0.3 is 0 Å². The summed E-state index contributed by atoms with van der Waals surface area (Å²) in [5.41, 5.74) is 2.01. The van der Waals surface area contributed by atoms with Gasteiger partial charge in [-0.1, -0.05) is 18.2 Å². The number of benzene rings is 1. The molecule has 0 aliphatic heterocycles. The van der Waals surface area contributed by atoms with Crippen LogP contribution in [0, 0.1) is 0 Å². The van der Waals surface area contributed by atoms with Crippen molar-refractivity contribution >= 4 is 12.4 Å². The third-order valence-electron chi connectivity index (χ3n) is 1.80. The average molecular weight is 222 g/mol. The van der Waals surface area contributed by atoms with Crippen molar-refractivity contribution in [2.24, 2.45) is 0 Å². The molecule has 0 heterocycles. The van der Waals surface area contributed by atoms with Crippen LogP contribution in [0.1, 0.15) is 16.7 Å². The summed E-state index contributed by atoms with van der Waals surface area (Å²) in [6, 6.07) is 5.05. The number of alkyl halides is 2. The minimum absolute atomic E-state index is 0. The van der Waals surface area contributed by atoms with Crippen LogP contribution in [0.4, 0.5) is 8.78 Å². The zero-order valence-corrected chi connectivity index (χ0v) is 8.83. The largest absolute Gasteiger partial charge is 0.316 e. The Balaban J connectivity index is 0.00000169. The van der Waals surface area contributed by atoms with Gasteiger partial charge in [-0.3, -0.25) is 0 Å². The molecule has 0 spiro atoms. The summed E-state index contributed by atoms with van der Waals surface area (Å²) in [6.07, 6.45) is 0. The Morgan fingerprint density at radius 3 is 1.79 bits per heavy atom. The van der Waals surface area contributed by atoms with Gasteiger partial charge in [-0.25, -0.2) is 8.78 Å². The molecule has 0 aliphatic carbocycles. The van der Waals surface area contributed by atoms with Crippen molar-refractivity contribution in [1.82, 2.24) is 5.32 Å². The molecule has 1 rings (SSSR count). The van der Waals surface area contributed by atoms with Gasteiger partial charge in [0.05, 0.1) is 0 Å². The third kappa shape index (κ3) is 3.60. The van der Waals surface area contributed by atoms with Crippen LogP contribution in [0.3, 0.4) is 0 Å². The first-order valence-corrected chi connectivity index (χ1v) is 4.18. The summed E-state index contributed by atoms with van der Waals surface area (Å²) in [7, 11) is 1.80. The summed E-state index contributed by atoms with van der Waals surface area (Å²) >= 11 is 0. The first-order valence-electron chi connectivity index (χ1n) is 4.18. The summed E-state index contributed by atoms with van der Waals surface area (Å²) in [4.78, 5) is 0. The lowest BCUT2D eigenvalue weighted by Crippen LogP contribution is -2.05. The first-order chi connectivity index (χ1) is 6.30. The maximum atomic E-state index is 12.3. The predicted molar refractivity (Wildman–Crippen MR) is 56.1 cm³/mol. The fraction of sp³-hybridized carbons (Fsp3) is 0.400. The predicted octanol–water partition coefficient (Wildman–Crippen LogP) is 2.77. The summed E-state index contributed by atoms with van der Waals surface area (Å²) in [6.45, 7) is -0.435. The van der Waals surface area contributed by atoms with Crippen molar-refractivity contribution in [2.75, 3.05) is 7.05 Å². The number of hydrogen-bond donors (Lipinski definition) is 1. The Kier molecular flexibility index (Phi) is 6.41. The molecule has 1 N–H and O–H groups in total. The Labute approximate surface area is 88.9 Å². The molecule has 0 radical (unpaired) electrons. The second kappa shape index (κ2) is 6.74. The molecule has 0 saturated carbocycles. The van der Waals surface area contributed by atoms with E-state index in [0.717, 1.165) is 5.56 Å². The molecular weight excluding hydrogens is 208 g/mol. The van der Waals surface area contributed by atoms with Crippen LogP contribution in [0.5, 0.6) is 0 Å². The van der Waals surface area contributed by atoms with Crippen LogP contribution in [0.25, 0.3) is 0 Å². The van der Waals surface area contributed by atoms with Gasteiger partial charge in [0.2, 0.25) is 0 Å². The molecule has 0 bridgehead atoms. The van der Waals surface area contributed by atoms with Crippen LogP contribution >= 0.6 is 12.4 Å². The third-order valence-corrected chi connectivity index (χ3v) is 1.80. The zero-order chi connectivity index (χ0) is 9.68. The van der Waals surface area contributed by atoms with Gasteiger partial charge in [-0.15, -0.1) is 12.4 Å². The van der Waals surface area contributed by atoms with E-state index < -0.39 is 13.3 Å². The van der Waals surface area contributed by atoms with E-state index in [2.05, 4.69) is 5.32 Å². The van der Waals surface area contributed by atoms with E-state index in [9.17, 15) is 8.78 Å². The highest BCUT2D eigenvalue weighted by atomic mass is 35.5. The van der Waals surface area contributed by atoms with Crippen molar-refractivity contribution in [2.45, 2.75) is 19.9 Å². The van der Waals surface area contributed by atoms with Gasteiger partial charge in [0.15, 0.2) is 0 Å². The zero-order valence-electron chi connectivity index (χ0n) is 8.02. The van der Waals surface area contributed by atoms with E-state index in [1.54, 1.807) is 25.2 Å². The van der Waals surface area contributed by atoms with Crippen molar-refractivity contribution in [3.8, 4) is 0 Å². The van der Waals surface area contributed by atoms with E-state index in [0.29, 0.717) is 17.7 Å². The molecule has 0 aliphatic rings. The normalized spacial score (nSPS) is 9.64. The van der Waals surface area contributed by atoms with Gasteiger partial charge in [-0.05, 0) is 23.7 Å². The summed E-state index contributed by atoms with van der Waals surface area (Å²) in [5.74, 6) is 0. The molecule has 1 aromatic carbocycles. The number of hydrogen-bond acceptors (Lipinski definition) is 1. The lowest BCUT2D eigenvalue weighted by molar-refractivity contribution is 0.474. The van der Waals surface area contributed by atoms with Gasteiger partial charge in [0.25, 0.3) is 0 Å². The summed E-state index contributed by atoms with van der Waals surface area (Å²) < 4.78 is 24.6. The fourth-order valence-corrected chi connectivity index (χ4v) is 1.30. The maximum Gasteiger partial charge on any atom is 0.115 e. The Morgan fingerprint density at radius 1 is 1.00 bits per heavy atom. The lowest BCUT2D eigenvalue weighted by Gasteiger charge is -2.05. The van der Waals surface area contributed by atoms with Crippen molar-refractivity contribution in [3.63, 3.8) is 0 Å². The highest BCUT2D eigenvalue weighted by Crippen LogP contribution is 2.12. The van der Waals surface area contributed by atoms with E-state index in [1.165, 1.54) is 0 Å². The van der Waals surface area contributed by atoms with Crippen molar-refractivity contribution in [1.29, 1.82) is 0 Å².